The molecule has 1 amide bonds. The summed E-state index contributed by atoms with van der Waals surface area (Å²) in [6.07, 6.45) is 9.89. The topological polar surface area (TPSA) is 56.0 Å². The van der Waals surface area contributed by atoms with Crippen molar-refractivity contribution in [1.29, 1.82) is 0 Å². The maximum atomic E-state index is 13.5. The van der Waals surface area contributed by atoms with Crippen molar-refractivity contribution in [3.63, 3.8) is 0 Å². The van der Waals surface area contributed by atoms with E-state index >= 15 is 0 Å². The van der Waals surface area contributed by atoms with Gasteiger partial charge in [0, 0.05) is 53.0 Å². The molecule has 6 rings (SSSR count). The fourth-order valence-electron chi connectivity index (χ4n) is 4.79. The highest BCUT2D eigenvalue weighted by Crippen LogP contribution is 2.48. The molecule has 2 aliphatic rings. The molecule has 2 aliphatic heterocycles. The summed E-state index contributed by atoms with van der Waals surface area (Å²) in [6.45, 7) is -2.62. The van der Waals surface area contributed by atoms with Crippen LogP contribution in [0.5, 0.6) is 0 Å². The summed E-state index contributed by atoms with van der Waals surface area (Å²) in [5, 5.41) is 0. The number of hydrogen-bond donors (Lipinski definition) is 0. The molecule has 6 nitrogen and oxygen atoms in total. The quantitative estimate of drug-likeness (QED) is 0.463. The largest absolute Gasteiger partial charge is 0.340 e. The van der Waals surface area contributed by atoms with Gasteiger partial charge in [-0.1, -0.05) is 18.1 Å². The summed E-state index contributed by atoms with van der Waals surface area (Å²) < 4.78 is 28.3. The van der Waals surface area contributed by atoms with Crippen LogP contribution in [0.3, 0.4) is 0 Å². The Morgan fingerprint density at radius 1 is 1.27 bits per heavy atom. The van der Waals surface area contributed by atoms with Gasteiger partial charge in [-0.3, -0.25) is 4.79 Å². The van der Waals surface area contributed by atoms with Gasteiger partial charge in [0.15, 0.2) is 0 Å². The van der Waals surface area contributed by atoms with Gasteiger partial charge in [-0.2, -0.15) is 0 Å². The SMILES string of the molecule is [2H]C([2H])([2H])N1C(=O)c2cccc(C#C)c2[C@H]2C[C@@H]1c1nc3ccc(-c4cn(C)cn4)cc3n12. The normalized spacial score (nSPS) is 21.4. The van der Waals surface area contributed by atoms with Gasteiger partial charge in [0.2, 0.25) is 0 Å². The lowest BCUT2D eigenvalue weighted by Gasteiger charge is -2.24. The van der Waals surface area contributed by atoms with E-state index in [1.807, 2.05) is 36.0 Å². The van der Waals surface area contributed by atoms with Crippen molar-refractivity contribution in [3.05, 3.63) is 71.4 Å². The summed E-state index contributed by atoms with van der Waals surface area (Å²) in [7, 11) is 1.91. The molecule has 146 valence electrons. The zero-order valence-electron chi connectivity index (χ0n) is 19.2. The lowest BCUT2D eigenvalue weighted by atomic mass is 9.93. The number of rotatable bonds is 1. The number of imidazole rings is 2. The van der Waals surface area contributed by atoms with E-state index in [0.29, 0.717) is 28.9 Å². The van der Waals surface area contributed by atoms with E-state index in [1.54, 1.807) is 24.5 Å². The number of aryl methyl sites for hydroxylation is 1. The van der Waals surface area contributed by atoms with E-state index in [0.717, 1.165) is 27.2 Å². The minimum Gasteiger partial charge on any atom is -0.340 e. The predicted molar refractivity (Wildman–Crippen MR) is 114 cm³/mol. The van der Waals surface area contributed by atoms with Gasteiger partial charge in [0.1, 0.15) is 5.82 Å². The first-order valence-electron chi connectivity index (χ1n) is 11.2. The fraction of sp³-hybridized carbons (Fsp3) is 0.208. The number of amides is 1. The van der Waals surface area contributed by atoms with Crippen LogP contribution in [-0.4, -0.2) is 36.9 Å². The first-order chi connectivity index (χ1) is 15.8. The van der Waals surface area contributed by atoms with Gasteiger partial charge >= 0.3 is 0 Å². The van der Waals surface area contributed by atoms with Crippen LogP contribution in [0.2, 0.25) is 0 Å². The molecule has 0 spiro atoms. The second kappa shape index (κ2) is 5.83. The lowest BCUT2D eigenvalue weighted by molar-refractivity contribution is 0.0734. The number of aromatic nitrogens is 4. The number of fused-ring (bicyclic) bond motifs is 9. The standard InChI is InChI=1S/C24H19N5O/c1-4-14-6-5-7-16-22(14)20-11-21(28(3)24(16)30)23-26-17-9-8-15(10-19(17)29(20)23)18-12-27(2)13-25-18/h1,5-10,12-13,20-21H,11H2,2-3H3/t20-,21-/m1/s1/i3D3. The molecule has 2 atom stereocenters. The first kappa shape index (κ1) is 14.2. The Hall–Kier alpha value is -3.85. The van der Waals surface area contributed by atoms with Gasteiger partial charge < -0.3 is 14.0 Å². The van der Waals surface area contributed by atoms with Gasteiger partial charge in [-0.05, 0) is 24.3 Å². The maximum absolute atomic E-state index is 13.5. The minimum absolute atomic E-state index is 0.299. The molecule has 0 N–H and O–H groups in total. The van der Waals surface area contributed by atoms with Crippen LogP contribution in [0.1, 0.15) is 49.9 Å². The predicted octanol–water partition coefficient (Wildman–Crippen LogP) is 3.54. The van der Waals surface area contributed by atoms with Crippen LogP contribution in [0.15, 0.2) is 48.9 Å². The van der Waals surface area contributed by atoms with Crippen molar-refractivity contribution in [1.82, 2.24) is 24.0 Å². The van der Waals surface area contributed by atoms with Crippen LogP contribution >= 0.6 is 0 Å². The van der Waals surface area contributed by atoms with Crippen LogP contribution in [-0.2, 0) is 7.05 Å². The van der Waals surface area contributed by atoms with Gasteiger partial charge in [-0.25, -0.2) is 9.97 Å². The van der Waals surface area contributed by atoms with Gasteiger partial charge in [0.25, 0.3) is 5.91 Å². The maximum Gasteiger partial charge on any atom is 0.254 e. The monoisotopic (exact) mass is 396 g/mol. The average Bonchev–Trinajstić information content (AvgIpc) is 3.44. The molecule has 0 saturated heterocycles. The molecule has 4 heterocycles. The second-order valence-corrected chi connectivity index (χ2v) is 7.82. The van der Waals surface area contributed by atoms with Gasteiger partial charge in [-0.15, -0.1) is 6.42 Å². The van der Waals surface area contributed by atoms with E-state index in [-0.39, 0.29) is 6.04 Å². The Kier molecular flexibility index (Phi) is 2.76. The third-order valence-electron chi connectivity index (χ3n) is 6.13. The summed E-state index contributed by atoms with van der Waals surface area (Å²) in [6, 6.07) is 10.1. The van der Waals surface area contributed by atoms with Crippen molar-refractivity contribution in [2.45, 2.75) is 18.5 Å². The molecule has 4 aromatic rings. The molecule has 6 heteroatoms. The molecular formula is C24H19N5O. The fourth-order valence-corrected chi connectivity index (χ4v) is 4.79. The van der Waals surface area contributed by atoms with E-state index < -0.39 is 18.9 Å². The van der Waals surface area contributed by atoms with Crippen LogP contribution in [0, 0.1) is 12.3 Å². The molecule has 0 saturated carbocycles. The highest BCUT2D eigenvalue weighted by Gasteiger charge is 2.44. The van der Waals surface area contributed by atoms with Crippen molar-refractivity contribution >= 4 is 16.9 Å². The highest BCUT2D eigenvalue weighted by molar-refractivity contribution is 5.98. The second-order valence-electron chi connectivity index (χ2n) is 7.82. The third kappa shape index (κ3) is 2.12. The van der Waals surface area contributed by atoms with E-state index in [4.69, 9.17) is 15.5 Å². The van der Waals surface area contributed by atoms with Crippen LogP contribution in [0.4, 0.5) is 0 Å². The molecule has 0 radical (unpaired) electrons. The minimum atomic E-state index is -2.62. The smallest absolute Gasteiger partial charge is 0.254 e. The highest BCUT2D eigenvalue weighted by atomic mass is 16.2. The Balaban J connectivity index is 1.66. The Labute approximate surface area is 178 Å². The summed E-state index contributed by atoms with van der Waals surface area (Å²) in [5.41, 5.74) is 4.96. The number of terminal acetylenes is 1. The zero-order valence-corrected chi connectivity index (χ0v) is 16.2. The first-order valence-corrected chi connectivity index (χ1v) is 9.71. The molecule has 30 heavy (non-hydrogen) atoms. The average molecular weight is 396 g/mol. The molecule has 0 unspecified atom stereocenters. The number of benzene rings is 2. The van der Waals surface area contributed by atoms with Crippen LogP contribution in [0.25, 0.3) is 22.3 Å². The summed E-state index contributed by atoms with van der Waals surface area (Å²) >= 11 is 0. The number of hydrogen-bond acceptors (Lipinski definition) is 3. The number of carbonyl (C=O) groups excluding carboxylic acids is 1. The molecule has 2 aromatic carbocycles. The van der Waals surface area contributed by atoms with E-state index in [1.165, 1.54) is 0 Å². The van der Waals surface area contributed by atoms with E-state index in [2.05, 4.69) is 15.5 Å². The molecule has 2 aromatic heterocycles. The van der Waals surface area contributed by atoms with Crippen molar-refractivity contribution in [2.75, 3.05) is 6.98 Å². The Bertz CT molecular complexity index is 1510. The number of carbonyl (C=O) groups is 1. The Morgan fingerprint density at radius 3 is 2.93 bits per heavy atom. The van der Waals surface area contributed by atoms with Gasteiger partial charge in [0.05, 0.1) is 35.1 Å². The molecular weight excluding hydrogens is 374 g/mol. The Morgan fingerprint density at radius 2 is 2.17 bits per heavy atom. The summed E-state index contributed by atoms with van der Waals surface area (Å²) in [4.78, 5) is 23.7. The van der Waals surface area contributed by atoms with Crippen molar-refractivity contribution in [2.24, 2.45) is 7.05 Å². The molecule has 2 bridgehead atoms. The lowest BCUT2D eigenvalue weighted by Crippen LogP contribution is -2.30. The molecule has 0 fully saturated rings. The van der Waals surface area contributed by atoms with Crippen LogP contribution < -0.4 is 0 Å². The van der Waals surface area contributed by atoms with E-state index in [9.17, 15) is 4.79 Å². The van der Waals surface area contributed by atoms with Crippen molar-refractivity contribution < 1.29 is 8.91 Å². The third-order valence-corrected chi connectivity index (χ3v) is 6.13. The molecule has 0 aliphatic carbocycles. The zero-order chi connectivity index (χ0) is 23.1. The summed E-state index contributed by atoms with van der Waals surface area (Å²) in [5.74, 6) is 2.72. The number of nitrogens with zero attached hydrogens (tertiary/aromatic N) is 5. The van der Waals surface area contributed by atoms with Crippen molar-refractivity contribution in [3.8, 4) is 23.6 Å².